The van der Waals surface area contributed by atoms with Crippen LogP contribution in [0.1, 0.15) is 20.7 Å². The third kappa shape index (κ3) is 5.11. The van der Waals surface area contributed by atoms with Gasteiger partial charge in [0.05, 0.1) is 26.9 Å². The molecule has 2 amide bonds. The van der Waals surface area contributed by atoms with Crippen LogP contribution in [0.15, 0.2) is 40.9 Å². The predicted molar refractivity (Wildman–Crippen MR) is 111 cm³/mol. The normalized spacial score (nSPS) is 9.86. The van der Waals surface area contributed by atoms with Gasteiger partial charge in [0, 0.05) is 10.0 Å². The predicted octanol–water partition coefficient (Wildman–Crippen LogP) is 2.42. The minimum atomic E-state index is -0.517. The van der Waals surface area contributed by atoms with E-state index in [1.54, 1.807) is 24.3 Å². The number of hydrazine groups is 1. The van der Waals surface area contributed by atoms with Crippen molar-refractivity contribution in [1.29, 1.82) is 0 Å². The highest BCUT2D eigenvalue weighted by Crippen LogP contribution is 2.38. The molecule has 0 saturated heterocycles. The number of hydrogen-bond donors (Lipinski definition) is 3. The van der Waals surface area contributed by atoms with Gasteiger partial charge in [0.2, 0.25) is 5.75 Å². The van der Waals surface area contributed by atoms with Crippen LogP contribution in [-0.2, 0) is 0 Å². The summed E-state index contributed by atoms with van der Waals surface area (Å²) in [6.07, 6.45) is 0. The second-order valence-electron chi connectivity index (χ2n) is 5.26. The molecule has 2 aromatic rings. The first-order valence-corrected chi connectivity index (χ1v) is 9.07. The van der Waals surface area contributed by atoms with E-state index in [0.717, 1.165) is 0 Å². The van der Waals surface area contributed by atoms with E-state index in [9.17, 15) is 9.59 Å². The molecule has 0 spiro atoms. The van der Waals surface area contributed by atoms with Crippen LogP contribution < -0.4 is 30.4 Å². The molecular weight excluding hydrogens is 450 g/mol. The van der Waals surface area contributed by atoms with Gasteiger partial charge in [0.25, 0.3) is 11.8 Å². The number of ether oxygens (including phenoxy) is 3. The molecule has 8 nitrogen and oxygen atoms in total. The molecule has 0 heterocycles. The molecule has 0 aliphatic rings. The molecule has 2 rings (SSSR count). The SMILES string of the molecule is COc1cc(C(=O)NNC(=S)NC(=O)c2ccccc2Br)cc(OC)c1OC. The highest BCUT2D eigenvalue weighted by atomic mass is 79.9. The summed E-state index contributed by atoms with van der Waals surface area (Å²) in [7, 11) is 4.36. The van der Waals surface area contributed by atoms with Crippen molar-refractivity contribution in [2.75, 3.05) is 21.3 Å². The standard InChI is InChI=1S/C18H18BrN3O5S/c1-25-13-8-10(9-14(26-2)15(13)27-3)16(23)21-22-18(28)20-17(24)11-6-4-5-7-12(11)19/h4-9H,1-3H3,(H,21,23)(H2,20,22,24,28). The first-order valence-electron chi connectivity index (χ1n) is 7.87. The van der Waals surface area contributed by atoms with Gasteiger partial charge < -0.3 is 14.2 Å². The number of carbonyl (C=O) groups is 2. The summed E-state index contributed by atoms with van der Waals surface area (Å²) >= 11 is 8.33. The van der Waals surface area contributed by atoms with Gasteiger partial charge in [-0.2, -0.15) is 0 Å². The van der Waals surface area contributed by atoms with Crippen LogP contribution >= 0.6 is 28.1 Å². The summed E-state index contributed by atoms with van der Waals surface area (Å²) < 4.78 is 16.3. The van der Waals surface area contributed by atoms with E-state index in [4.69, 9.17) is 26.4 Å². The van der Waals surface area contributed by atoms with E-state index in [-0.39, 0.29) is 10.7 Å². The highest BCUT2D eigenvalue weighted by molar-refractivity contribution is 9.10. The Bertz CT molecular complexity index is 882. The zero-order valence-electron chi connectivity index (χ0n) is 15.3. The van der Waals surface area contributed by atoms with E-state index in [0.29, 0.717) is 27.3 Å². The van der Waals surface area contributed by atoms with Crippen molar-refractivity contribution in [2.24, 2.45) is 0 Å². The van der Waals surface area contributed by atoms with E-state index in [1.807, 2.05) is 0 Å². The molecule has 0 unspecified atom stereocenters. The summed E-state index contributed by atoms with van der Waals surface area (Å²) in [5, 5.41) is 2.41. The third-order valence-corrected chi connectivity index (χ3v) is 4.46. The van der Waals surface area contributed by atoms with Crippen molar-refractivity contribution in [3.05, 3.63) is 52.0 Å². The molecule has 0 aliphatic carbocycles. The van der Waals surface area contributed by atoms with Gasteiger partial charge in [0.1, 0.15) is 0 Å². The Labute approximate surface area is 175 Å². The first kappa shape index (κ1) is 21.5. The number of methoxy groups -OCH3 is 3. The molecule has 0 atom stereocenters. The van der Waals surface area contributed by atoms with Crippen molar-refractivity contribution in [3.8, 4) is 17.2 Å². The minimum Gasteiger partial charge on any atom is -0.493 e. The van der Waals surface area contributed by atoms with Gasteiger partial charge in [-0.1, -0.05) is 12.1 Å². The van der Waals surface area contributed by atoms with Crippen LogP contribution in [0.5, 0.6) is 17.2 Å². The quantitative estimate of drug-likeness (QED) is 0.458. The first-order chi connectivity index (χ1) is 13.4. The fraction of sp³-hybridized carbons (Fsp3) is 0.167. The maximum Gasteiger partial charge on any atom is 0.269 e. The molecule has 0 aliphatic heterocycles. The lowest BCUT2D eigenvalue weighted by Gasteiger charge is -2.15. The van der Waals surface area contributed by atoms with Crippen molar-refractivity contribution >= 4 is 45.1 Å². The number of hydrogen-bond acceptors (Lipinski definition) is 6. The maximum atomic E-state index is 12.4. The number of benzene rings is 2. The summed E-state index contributed by atoms with van der Waals surface area (Å²) in [5.41, 5.74) is 5.52. The number of amides is 2. The molecule has 3 N–H and O–H groups in total. The van der Waals surface area contributed by atoms with E-state index >= 15 is 0 Å². The Hall–Kier alpha value is -2.85. The summed E-state index contributed by atoms with van der Waals surface area (Å²) in [4.78, 5) is 24.6. The average Bonchev–Trinajstić information content (AvgIpc) is 2.70. The lowest BCUT2D eigenvalue weighted by molar-refractivity contribution is 0.0934. The molecule has 0 saturated carbocycles. The number of halogens is 1. The highest BCUT2D eigenvalue weighted by Gasteiger charge is 2.17. The third-order valence-electron chi connectivity index (χ3n) is 3.56. The molecule has 0 fully saturated rings. The van der Waals surface area contributed by atoms with Crippen molar-refractivity contribution < 1.29 is 23.8 Å². The summed E-state index contributed by atoms with van der Waals surface area (Å²) in [6, 6.07) is 9.85. The Morgan fingerprint density at radius 1 is 0.929 bits per heavy atom. The Balaban J connectivity index is 2.03. The fourth-order valence-corrected chi connectivity index (χ4v) is 2.85. The molecule has 0 bridgehead atoms. The number of rotatable bonds is 5. The van der Waals surface area contributed by atoms with Gasteiger partial charge in [-0.3, -0.25) is 25.8 Å². The van der Waals surface area contributed by atoms with Crippen molar-refractivity contribution in [3.63, 3.8) is 0 Å². The second-order valence-corrected chi connectivity index (χ2v) is 6.52. The number of thiocarbonyl (C=S) groups is 1. The second kappa shape index (κ2) is 9.90. The molecule has 28 heavy (non-hydrogen) atoms. The van der Waals surface area contributed by atoms with E-state index in [2.05, 4.69) is 32.1 Å². The topological polar surface area (TPSA) is 97.9 Å². The van der Waals surface area contributed by atoms with Gasteiger partial charge in [-0.05, 0) is 52.4 Å². The van der Waals surface area contributed by atoms with Gasteiger partial charge in [0.15, 0.2) is 16.6 Å². The van der Waals surface area contributed by atoms with E-state index < -0.39 is 11.8 Å². The Morgan fingerprint density at radius 2 is 1.54 bits per heavy atom. The fourth-order valence-electron chi connectivity index (χ4n) is 2.24. The molecule has 2 aromatic carbocycles. The van der Waals surface area contributed by atoms with Crippen LogP contribution in [0.4, 0.5) is 0 Å². The molecule has 0 radical (unpaired) electrons. The number of carbonyl (C=O) groups excluding carboxylic acids is 2. The molecule has 0 aromatic heterocycles. The lowest BCUT2D eigenvalue weighted by Crippen LogP contribution is -2.48. The van der Waals surface area contributed by atoms with Crippen molar-refractivity contribution in [1.82, 2.24) is 16.2 Å². The lowest BCUT2D eigenvalue weighted by atomic mass is 10.1. The largest absolute Gasteiger partial charge is 0.493 e. The number of nitrogens with one attached hydrogen (secondary N) is 3. The van der Waals surface area contributed by atoms with Crippen LogP contribution in [-0.4, -0.2) is 38.3 Å². The summed E-state index contributed by atoms with van der Waals surface area (Å²) in [6.45, 7) is 0. The van der Waals surface area contributed by atoms with Crippen LogP contribution in [0.2, 0.25) is 0 Å². The molecule has 10 heteroatoms. The van der Waals surface area contributed by atoms with Crippen molar-refractivity contribution in [2.45, 2.75) is 0 Å². The van der Waals surface area contributed by atoms with Gasteiger partial charge >= 0.3 is 0 Å². The monoisotopic (exact) mass is 467 g/mol. The Morgan fingerprint density at radius 3 is 2.07 bits per heavy atom. The summed E-state index contributed by atoms with van der Waals surface area (Å²) in [5.74, 6) is 0.0862. The zero-order valence-corrected chi connectivity index (χ0v) is 17.7. The van der Waals surface area contributed by atoms with Crippen LogP contribution in [0.3, 0.4) is 0 Å². The Kier molecular flexibility index (Phi) is 7.59. The van der Waals surface area contributed by atoms with Crippen LogP contribution in [0, 0.1) is 0 Å². The molecule has 148 valence electrons. The van der Waals surface area contributed by atoms with Gasteiger partial charge in [-0.15, -0.1) is 0 Å². The minimum absolute atomic E-state index is 0.0680. The molecular formula is C18H18BrN3O5S. The maximum absolute atomic E-state index is 12.4. The average molecular weight is 468 g/mol. The zero-order chi connectivity index (χ0) is 20.7. The smallest absolute Gasteiger partial charge is 0.269 e. The van der Waals surface area contributed by atoms with Crippen LogP contribution in [0.25, 0.3) is 0 Å². The van der Waals surface area contributed by atoms with Gasteiger partial charge in [-0.25, -0.2) is 0 Å². The van der Waals surface area contributed by atoms with E-state index in [1.165, 1.54) is 33.5 Å².